The lowest BCUT2D eigenvalue weighted by atomic mass is 10.0. The van der Waals surface area contributed by atoms with Gasteiger partial charge < -0.3 is 20.5 Å². The van der Waals surface area contributed by atoms with Crippen LogP contribution < -0.4 is 5.32 Å². The Morgan fingerprint density at radius 2 is 1.77 bits per heavy atom. The summed E-state index contributed by atoms with van der Waals surface area (Å²) in [6.45, 7) is 0. The lowest BCUT2D eigenvalue weighted by Crippen LogP contribution is -2.11. The number of carboxylic acid groups (broad SMARTS) is 1. The summed E-state index contributed by atoms with van der Waals surface area (Å²) in [6.07, 6.45) is 4.74. The summed E-state index contributed by atoms with van der Waals surface area (Å²) in [5.74, 6) is -1.44. The predicted octanol–water partition coefficient (Wildman–Crippen LogP) is 4.15. The fourth-order valence-corrected chi connectivity index (χ4v) is 3.10. The van der Waals surface area contributed by atoms with Crippen LogP contribution >= 0.6 is 0 Å². The van der Waals surface area contributed by atoms with Gasteiger partial charge in [0.05, 0.1) is 17.5 Å². The van der Waals surface area contributed by atoms with Crippen molar-refractivity contribution in [2.24, 2.45) is 0 Å². The number of carbonyl (C=O) groups excluding carboxylic acids is 1. The van der Waals surface area contributed by atoms with Gasteiger partial charge in [0.1, 0.15) is 11.4 Å². The van der Waals surface area contributed by atoms with E-state index in [1.54, 1.807) is 54.7 Å². The second-order valence-corrected chi connectivity index (χ2v) is 6.60. The highest BCUT2D eigenvalue weighted by Crippen LogP contribution is 2.26. The smallest absolute Gasteiger partial charge is 0.336 e. The van der Waals surface area contributed by atoms with Crippen LogP contribution in [0.2, 0.25) is 0 Å². The van der Waals surface area contributed by atoms with Crippen LogP contribution in [0.1, 0.15) is 21.5 Å². The van der Waals surface area contributed by atoms with E-state index in [9.17, 15) is 19.8 Å². The quantitative estimate of drug-likeness (QED) is 0.376. The predicted molar refractivity (Wildman–Crippen MR) is 114 cm³/mol. The molecule has 0 spiro atoms. The summed E-state index contributed by atoms with van der Waals surface area (Å²) < 4.78 is 0. The van der Waals surface area contributed by atoms with Gasteiger partial charge in [-0.15, -0.1) is 0 Å². The van der Waals surface area contributed by atoms with E-state index in [0.29, 0.717) is 33.4 Å². The van der Waals surface area contributed by atoms with Gasteiger partial charge in [-0.25, -0.2) is 9.78 Å². The molecule has 30 heavy (non-hydrogen) atoms. The van der Waals surface area contributed by atoms with E-state index < -0.39 is 11.9 Å². The minimum absolute atomic E-state index is 0.00334. The molecule has 2 aromatic carbocycles. The first-order chi connectivity index (χ1) is 14.5. The Kier molecular flexibility index (Phi) is 5.00. The van der Waals surface area contributed by atoms with Crippen molar-refractivity contribution in [2.75, 3.05) is 5.32 Å². The van der Waals surface area contributed by atoms with E-state index in [2.05, 4.69) is 15.3 Å². The van der Waals surface area contributed by atoms with Crippen molar-refractivity contribution in [3.8, 4) is 5.75 Å². The minimum Gasteiger partial charge on any atom is -0.508 e. The summed E-state index contributed by atoms with van der Waals surface area (Å²) in [7, 11) is 0. The van der Waals surface area contributed by atoms with E-state index in [-0.39, 0.29) is 11.3 Å². The van der Waals surface area contributed by atoms with Gasteiger partial charge in [-0.2, -0.15) is 0 Å². The van der Waals surface area contributed by atoms with Gasteiger partial charge in [0.2, 0.25) is 0 Å². The third kappa shape index (κ3) is 3.90. The van der Waals surface area contributed by atoms with Gasteiger partial charge in [-0.05, 0) is 35.9 Å². The summed E-state index contributed by atoms with van der Waals surface area (Å²) >= 11 is 0. The van der Waals surface area contributed by atoms with Crippen LogP contribution in [0.15, 0.2) is 73.1 Å². The largest absolute Gasteiger partial charge is 0.508 e. The van der Waals surface area contributed by atoms with Crippen LogP contribution in [0, 0.1) is 0 Å². The number of hydrogen-bond donors (Lipinski definition) is 4. The number of carboxylic acids is 1. The molecule has 7 heteroatoms. The fourth-order valence-electron chi connectivity index (χ4n) is 3.10. The number of hydrogen-bond acceptors (Lipinski definition) is 4. The van der Waals surface area contributed by atoms with Crippen LogP contribution in [-0.4, -0.2) is 32.1 Å². The van der Waals surface area contributed by atoms with Gasteiger partial charge in [0.25, 0.3) is 5.91 Å². The monoisotopic (exact) mass is 399 g/mol. The second kappa shape index (κ2) is 7.92. The van der Waals surface area contributed by atoms with Gasteiger partial charge in [-0.3, -0.25) is 4.79 Å². The molecule has 0 atom stereocenters. The first-order valence-electron chi connectivity index (χ1n) is 9.09. The minimum atomic E-state index is -1.04. The van der Waals surface area contributed by atoms with Gasteiger partial charge >= 0.3 is 5.97 Å². The van der Waals surface area contributed by atoms with Crippen molar-refractivity contribution >= 4 is 40.2 Å². The van der Waals surface area contributed by atoms with Crippen molar-refractivity contribution in [3.63, 3.8) is 0 Å². The molecule has 2 aromatic heterocycles. The number of pyridine rings is 1. The normalized spacial score (nSPS) is 11.4. The molecule has 4 aromatic rings. The lowest BCUT2D eigenvalue weighted by Gasteiger charge is -2.06. The number of aromatic amines is 1. The number of rotatable bonds is 5. The first-order valence-corrected chi connectivity index (χ1v) is 9.09. The lowest BCUT2D eigenvalue weighted by molar-refractivity contribution is -0.130. The van der Waals surface area contributed by atoms with E-state index >= 15 is 0 Å². The Hall–Kier alpha value is -4.39. The molecule has 4 N–H and O–H groups in total. The van der Waals surface area contributed by atoms with Crippen LogP contribution in [0.5, 0.6) is 5.75 Å². The summed E-state index contributed by atoms with van der Waals surface area (Å²) in [5.41, 5.74) is 2.68. The number of benzene rings is 2. The number of H-pyrrole nitrogens is 1. The van der Waals surface area contributed by atoms with Crippen LogP contribution in [0.25, 0.3) is 22.7 Å². The molecule has 0 aliphatic rings. The Bertz CT molecular complexity index is 1280. The van der Waals surface area contributed by atoms with Crippen molar-refractivity contribution in [1.29, 1.82) is 0 Å². The maximum atomic E-state index is 12.4. The number of aliphatic carboxylic acids is 1. The van der Waals surface area contributed by atoms with Crippen LogP contribution in [0.4, 0.5) is 5.69 Å². The molecule has 4 rings (SSSR count). The SMILES string of the molecule is O=C(O)/C(=C/c1c[nH]c2ncc(NC(=O)c3cccc(O)c3)cc12)c1ccccc1. The van der Waals surface area contributed by atoms with Crippen molar-refractivity contribution in [2.45, 2.75) is 0 Å². The summed E-state index contributed by atoms with van der Waals surface area (Å²) in [5, 5.41) is 22.6. The molecule has 0 aliphatic heterocycles. The highest BCUT2D eigenvalue weighted by molar-refractivity contribution is 6.21. The Morgan fingerprint density at radius 1 is 1.00 bits per heavy atom. The molecule has 0 saturated heterocycles. The number of anilines is 1. The Balaban J connectivity index is 1.69. The number of nitrogens with zero attached hydrogens (tertiary/aromatic N) is 1. The number of aromatic nitrogens is 2. The van der Waals surface area contributed by atoms with Gasteiger partial charge in [-0.1, -0.05) is 36.4 Å². The standard InChI is InChI=1S/C23H17N3O4/c27-18-8-4-7-15(9-18)22(28)26-17-11-19-16(12-24-21(19)25-13-17)10-20(23(29)30)14-5-2-1-3-6-14/h1-13,27H,(H,24,25)(H,26,28)(H,29,30)/b20-10+. The van der Waals surface area contributed by atoms with Crippen molar-refractivity contribution in [3.05, 3.63) is 89.7 Å². The zero-order chi connectivity index (χ0) is 21.1. The molecule has 0 unspecified atom stereocenters. The van der Waals surface area contributed by atoms with Crippen molar-refractivity contribution < 1.29 is 19.8 Å². The zero-order valence-electron chi connectivity index (χ0n) is 15.7. The molecule has 0 aliphatic carbocycles. The first kappa shape index (κ1) is 18.9. The summed E-state index contributed by atoms with van der Waals surface area (Å²) in [6, 6.07) is 16.6. The average Bonchev–Trinajstić information content (AvgIpc) is 3.14. The second-order valence-electron chi connectivity index (χ2n) is 6.60. The van der Waals surface area contributed by atoms with Gasteiger partial charge in [0.15, 0.2) is 0 Å². The number of amides is 1. The molecule has 0 fully saturated rings. The Morgan fingerprint density at radius 3 is 2.50 bits per heavy atom. The number of nitrogens with one attached hydrogen (secondary N) is 2. The number of phenolic OH excluding ortho intramolecular Hbond substituents is 1. The van der Waals surface area contributed by atoms with Crippen LogP contribution in [-0.2, 0) is 4.79 Å². The molecular weight excluding hydrogens is 382 g/mol. The average molecular weight is 399 g/mol. The third-order valence-corrected chi connectivity index (χ3v) is 4.54. The molecule has 0 radical (unpaired) electrons. The van der Waals surface area contributed by atoms with E-state index in [1.807, 2.05) is 6.07 Å². The fraction of sp³-hybridized carbons (Fsp3) is 0. The van der Waals surface area contributed by atoms with Gasteiger partial charge in [0, 0.05) is 22.7 Å². The zero-order valence-corrected chi connectivity index (χ0v) is 15.7. The molecule has 7 nitrogen and oxygen atoms in total. The number of aromatic hydroxyl groups is 1. The highest BCUT2D eigenvalue weighted by atomic mass is 16.4. The molecule has 1 amide bonds. The topological polar surface area (TPSA) is 115 Å². The number of phenols is 1. The highest BCUT2D eigenvalue weighted by Gasteiger charge is 2.13. The number of carbonyl (C=O) groups is 2. The molecular formula is C23H17N3O4. The molecule has 0 bridgehead atoms. The molecule has 148 valence electrons. The maximum Gasteiger partial charge on any atom is 0.336 e. The molecule has 0 saturated carbocycles. The van der Waals surface area contributed by atoms with Crippen molar-refractivity contribution in [1.82, 2.24) is 9.97 Å². The number of fused-ring (bicyclic) bond motifs is 1. The van der Waals surface area contributed by atoms with E-state index in [0.717, 1.165) is 0 Å². The maximum absolute atomic E-state index is 12.4. The van der Waals surface area contributed by atoms with Crippen LogP contribution in [0.3, 0.4) is 0 Å². The summed E-state index contributed by atoms with van der Waals surface area (Å²) in [4.78, 5) is 31.5. The molecule has 2 heterocycles. The Labute approximate surface area is 171 Å². The van der Waals surface area contributed by atoms with E-state index in [1.165, 1.54) is 18.3 Å². The van der Waals surface area contributed by atoms with E-state index in [4.69, 9.17) is 0 Å². The third-order valence-electron chi connectivity index (χ3n) is 4.54.